The third-order valence-corrected chi connectivity index (χ3v) is 4.51. The summed E-state index contributed by atoms with van der Waals surface area (Å²) >= 11 is 0.913. The molecule has 0 aliphatic heterocycles. The van der Waals surface area contributed by atoms with Crippen LogP contribution in [-0.2, 0) is 6.18 Å². The van der Waals surface area contributed by atoms with E-state index >= 15 is 0 Å². The van der Waals surface area contributed by atoms with Gasteiger partial charge in [-0.1, -0.05) is 0 Å². The molecular weight excluding hydrogens is 365 g/mol. The molecule has 0 radical (unpaired) electrons. The second-order valence-corrected chi connectivity index (χ2v) is 6.13. The van der Waals surface area contributed by atoms with E-state index < -0.39 is 11.9 Å². The van der Waals surface area contributed by atoms with Gasteiger partial charge >= 0.3 is 6.18 Å². The molecule has 0 unspecified atom stereocenters. The van der Waals surface area contributed by atoms with Crippen molar-refractivity contribution in [3.63, 3.8) is 0 Å². The molecule has 4 aromatic rings. The fourth-order valence-corrected chi connectivity index (χ4v) is 3.30. The van der Waals surface area contributed by atoms with Gasteiger partial charge in [0.1, 0.15) is 10.7 Å². The molecule has 6 nitrogen and oxygen atoms in total. The molecule has 0 atom stereocenters. The van der Waals surface area contributed by atoms with E-state index in [0.29, 0.717) is 5.56 Å². The van der Waals surface area contributed by atoms with Crippen LogP contribution in [0.5, 0.6) is 0 Å². The fourth-order valence-electron chi connectivity index (χ4n) is 2.26. The molecule has 0 aliphatic carbocycles. The van der Waals surface area contributed by atoms with E-state index in [1.165, 1.54) is 35.5 Å². The van der Waals surface area contributed by atoms with Crippen LogP contribution < -0.4 is 0 Å². The molecule has 0 bridgehead atoms. The predicted octanol–water partition coefficient (Wildman–Crippen LogP) is 3.87. The number of pyridine rings is 1. The number of hydrogen-bond donors (Lipinski definition) is 0. The number of nitrogens with zero attached hydrogens (tertiary/aromatic N) is 6. The molecule has 0 aliphatic rings. The highest BCUT2D eigenvalue weighted by atomic mass is 32.1. The minimum absolute atomic E-state index is 0.0639. The average molecular weight is 374 g/mol. The highest BCUT2D eigenvalue weighted by Gasteiger charge is 2.38. The Balaban J connectivity index is 1.81. The van der Waals surface area contributed by atoms with Gasteiger partial charge in [0.2, 0.25) is 5.95 Å². The summed E-state index contributed by atoms with van der Waals surface area (Å²) in [4.78, 5) is 15.7. The van der Waals surface area contributed by atoms with Crippen molar-refractivity contribution in [2.24, 2.45) is 0 Å². The number of alkyl halides is 3. The van der Waals surface area contributed by atoms with Gasteiger partial charge in [0.05, 0.1) is 4.88 Å². The van der Waals surface area contributed by atoms with Crippen LogP contribution in [0.3, 0.4) is 0 Å². The van der Waals surface area contributed by atoms with Gasteiger partial charge in [-0.3, -0.25) is 4.98 Å². The molecule has 0 spiro atoms. The van der Waals surface area contributed by atoms with Gasteiger partial charge < -0.3 is 0 Å². The van der Waals surface area contributed by atoms with E-state index in [9.17, 15) is 13.2 Å². The van der Waals surface area contributed by atoms with Crippen LogP contribution in [-0.4, -0.2) is 29.7 Å². The Hall–Kier alpha value is -3.14. The summed E-state index contributed by atoms with van der Waals surface area (Å²) in [6, 6.07) is 6.42. The van der Waals surface area contributed by atoms with Crippen molar-refractivity contribution < 1.29 is 13.2 Å². The van der Waals surface area contributed by atoms with Gasteiger partial charge in [0, 0.05) is 36.5 Å². The van der Waals surface area contributed by atoms with Crippen LogP contribution >= 0.6 is 11.3 Å². The lowest BCUT2D eigenvalue weighted by Gasteiger charge is -2.04. The number of rotatable bonds is 3. The Kier molecular flexibility index (Phi) is 3.96. The molecule has 10 heteroatoms. The van der Waals surface area contributed by atoms with Gasteiger partial charge in [-0.15, -0.1) is 11.3 Å². The fraction of sp³-hybridized carbons (Fsp3) is 0.0625. The Morgan fingerprint density at radius 3 is 2.50 bits per heavy atom. The first-order valence-corrected chi connectivity index (χ1v) is 8.16. The standard InChI is InChI=1S/C16H9F3N6S/c17-16(18,19)13-12(26-14(23-13)10-3-1-5-20-9-10)11-4-8-25(24-11)15-21-6-2-7-22-15/h1-9H. The summed E-state index contributed by atoms with van der Waals surface area (Å²) in [6.07, 6.45) is 2.98. The molecule has 0 saturated carbocycles. The Bertz CT molecular complexity index is 1030. The molecule has 4 rings (SSSR count). The van der Waals surface area contributed by atoms with Crippen molar-refractivity contribution in [3.05, 3.63) is 60.9 Å². The van der Waals surface area contributed by atoms with Crippen molar-refractivity contribution in [3.8, 4) is 27.1 Å². The summed E-state index contributed by atoms with van der Waals surface area (Å²) in [5.74, 6) is 0.268. The molecule has 4 heterocycles. The summed E-state index contributed by atoms with van der Waals surface area (Å²) in [5.41, 5.74) is -0.307. The SMILES string of the molecule is FC(F)(F)c1nc(-c2cccnc2)sc1-c1ccn(-c2ncccn2)n1. The zero-order valence-electron chi connectivity index (χ0n) is 12.9. The summed E-state index contributed by atoms with van der Waals surface area (Å²) in [7, 11) is 0. The zero-order chi connectivity index (χ0) is 18.1. The largest absolute Gasteiger partial charge is 0.434 e. The molecule has 0 N–H and O–H groups in total. The third-order valence-electron chi connectivity index (χ3n) is 3.38. The smallest absolute Gasteiger partial charge is 0.264 e. The number of halogens is 3. The van der Waals surface area contributed by atoms with E-state index in [-0.39, 0.29) is 21.5 Å². The molecule has 26 heavy (non-hydrogen) atoms. The maximum Gasteiger partial charge on any atom is 0.434 e. The Morgan fingerprint density at radius 2 is 1.81 bits per heavy atom. The first-order chi connectivity index (χ1) is 12.5. The average Bonchev–Trinajstić information content (AvgIpc) is 3.30. The van der Waals surface area contributed by atoms with Gasteiger partial charge in [0.15, 0.2) is 5.69 Å². The summed E-state index contributed by atoms with van der Waals surface area (Å²) < 4.78 is 41.7. The van der Waals surface area contributed by atoms with Crippen molar-refractivity contribution in [1.29, 1.82) is 0 Å². The third kappa shape index (κ3) is 3.06. The number of aromatic nitrogens is 6. The van der Waals surface area contributed by atoms with Crippen molar-refractivity contribution >= 4 is 11.3 Å². The van der Waals surface area contributed by atoms with Crippen LogP contribution in [0.25, 0.3) is 27.1 Å². The van der Waals surface area contributed by atoms with Gasteiger partial charge in [-0.05, 0) is 24.3 Å². The van der Waals surface area contributed by atoms with Crippen LogP contribution in [0.15, 0.2) is 55.2 Å². The molecule has 130 valence electrons. The lowest BCUT2D eigenvalue weighted by atomic mass is 10.2. The van der Waals surface area contributed by atoms with Crippen molar-refractivity contribution in [2.45, 2.75) is 6.18 Å². The van der Waals surface area contributed by atoms with Gasteiger partial charge in [0.25, 0.3) is 0 Å². The lowest BCUT2D eigenvalue weighted by Crippen LogP contribution is -2.07. The molecular formula is C16H9F3N6S. The Morgan fingerprint density at radius 1 is 1.00 bits per heavy atom. The minimum Gasteiger partial charge on any atom is -0.264 e. The predicted molar refractivity (Wildman–Crippen MR) is 88.5 cm³/mol. The van der Waals surface area contributed by atoms with E-state index in [1.54, 1.807) is 24.4 Å². The lowest BCUT2D eigenvalue weighted by molar-refractivity contribution is -0.140. The maximum absolute atomic E-state index is 13.5. The first-order valence-electron chi connectivity index (χ1n) is 7.34. The van der Waals surface area contributed by atoms with Crippen molar-refractivity contribution in [1.82, 2.24) is 29.7 Å². The zero-order valence-corrected chi connectivity index (χ0v) is 13.7. The van der Waals surface area contributed by atoms with E-state index in [0.717, 1.165) is 11.3 Å². The van der Waals surface area contributed by atoms with E-state index in [2.05, 4.69) is 25.0 Å². The van der Waals surface area contributed by atoms with E-state index in [4.69, 9.17) is 0 Å². The molecule has 0 fully saturated rings. The molecule has 0 saturated heterocycles. The van der Waals surface area contributed by atoms with E-state index in [1.807, 2.05) is 0 Å². The second kappa shape index (κ2) is 6.30. The first kappa shape index (κ1) is 16.3. The molecule has 0 amide bonds. The maximum atomic E-state index is 13.5. The monoisotopic (exact) mass is 374 g/mol. The second-order valence-electron chi connectivity index (χ2n) is 5.13. The van der Waals surface area contributed by atoms with Crippen LogP contribution in [0.1, 0.15) is 5.69 Å². The van der Waals surface area contributed by atoms with Gasteiger partial charge in [-0.2, -0.15) is 18.3 Å². The van der Waals surface area contributed by atoms with Crippen molar-refractivity contribution in [2.75, 3.05) is 0 Å². The van der Waals surface area contributed by atoms with Crippen LogP contribution in [0.4, 0.5) is 13.2 Å². The Labute approximate surface area is 149 Å². The highest BCUT2D eigenvalue weighted by Crippen LogP contribution is 2.42. The number of thiazole rings is 1. The highest BCUT2D eigenvalue weighted by molar-refractivity contribution is 7.18. The quantitative estimate of drug-likeness (QED) is 0.545. The molecule has 0 aromatic carbocycles. The van der Waals surface area contributed by atoms with Crippen LogP contribution in [0, 0.1) is 0 Å². The summed E-state index contributed by atoms with van der Waals surface area (Å²) in [6.45, 7) is 0. The van der Waals surface area contributed by atoms with Gasteiger partial charge in [-0.25, -0.2) is 19.6 Å². The number of hydrogen-bond acceptors (Lipinski definition) is 6. The minimum atomic E-state index is -4.60. The summed E-state index contributed by atoms with van der Waals surface area (Å²) in [5, 5.41) is 4.41. The normalized spacial score (nSPS) is 11.7. The molecule has 4 aromatic heterocycles. The van der Waals surface area contributed by atoms with Crippen LogP contribution in [0.2, 0.25) is 0 Å². The topological polar surface area (TPSA) is 69.4 Å².